The van der Waals surface area contributed by atoms with E-state index in [9.17, 15) is 5.11 Å². The highest BCUT2D eigenvalue weighted by Crippen LogP contribution is 2.33. The first kappa shape index (κ1) is 13.0. The summed E-state index contributed by atoms with van der Waals surface area (Å²) in [6.45, 7) is -0.203. The van der Waals surface area contributed by atoms with Crippen LogP contribution in [-0.2, 0) is 4.74 Å². The molecule has 0 saturated carbocycles. The molecule has 19 heavy (non-hydrogen) atoms. The molecule has 0 aliphatic carbocycles. The number of nitrogen functional groups attached to an aromatic ring is 1. The van der Waals surface area contributed by atoms with Crippen LogP contribution in [0.1, 0.15) is 12.6 Å². The van der Waals surface area contributed by atoms with Crippen molar-refractivity contribution in [3.8, 4) is 0 Å². The molecule has 3 heterocycles. The van der Waals surface area contributed by atoms with E-state index in [2.05, 4.69) is 32.6 Å². The van der Waals surface area contributed by atoms with E-state index < -0.39 is 12.2 Å². The molecule has 8 heteroatoms. The van der Waals surface area contributed by atoms with E-state index in [1.165, 1.54) is 0 Å². The predicted octanol–water partition coefficient (Wildman–Crippen LogP) is 0.259. The van der Waals surface area contributed by atoms with Crippen molar-refractivity contribution >= 4 is 39.4 Å². The zero-order valence-electron chi connectivity index (χ0n) is 9.90. The number of imidazole rings is 1. The first-order chi connectivity index (χ1) is 9.11. The van der Waals surface area contributed by atoms with E-state index in [-0.39, 0.29) is 12.8 Å². The van der Waals surface area contributed by atoms with Crippen molar-refractivity contribution in [1.29, 1.82) is 0 Å². The normalized spacial score (nSPS) is 27.2. The highest BCUT2D eigenvalue weighted by molar-refractivity contribution is 14.1. The number of nitrogens with zero attached hydrogens (tertiary/aromatic N) is 3. The Balaban J connectivity index is 2.05. The third-order valence-corrected chi connectivity index (χ3v) is 4.06. The minimum Gasteiger partial charge on any atom is -0.394 e. The van der Waals surface area contributed by atoms with Crippen molar-refractivity contribution in [2.75, 3.05) is 12.3 Å². The molecule has 0 aromatic carbocycles. The van der Waals surface area contributed by atoms with Crippen molar-refractivity contribution in [3.63, 3.8) is 0 Å². The second-order valence-corrected chi connectivity index (χ2v) is 5.62. The van der Waals surface area contributed by atoms with Gasteiger partial charge in [-0.05, 0) is 22.6 Å². The number of halogens is 1. The smallest absolute Gasteiger partial charge is 0.151 e. The zero-order chi connectivity index (χ0) is 13.6. The van der Waals surface area contributed by atoms with Crippen LogP contribution in [-0.4, -0.2) is 43.6 Å². The van der Waals surface area contributed by atoms with Crippen LogP contribution in [0, 0.1) is 3.57 Å². The predicted molar refractivity (Wildman–Crippen MR) is 76.3 cm³/mol. The fraction of sp³-hybridized carbons (Fsp3) is 0.455. The van der Waals surface area contributed by atoms with Crippen LogP contribution in [0.4, 0.5) is 5.82 Å². The number of hydrogen-bond donors (Lipinski definition) is 3. The van der Waals surface area contributed by atoms with Gasteiger partial charge in [-0.3, -0.25) is 0 Å². The lowest BCUT2D eigenvalue weighted by molar-refractivity contribution is -0.0430. The molecule has 0 unspecified atom stereocenters. The molecule has 2 aromatic rings. The summed E-state index contributed by atoms with van der Waals surface area (Å²) in [6, 6.07) is 0. The molecule has 102 valence electrons. The lowest BCUT2D eigenvalue weighted by atomic mass is 10.2. The number of hydrogen-bond acceptors (Lipinski definition) is 6. The first-order valence-electron chi connectivity index (χ1n) is 5.82. The summed E-state index contributed by atoms with van der Waals surface area (Å²) in [5, 5.41) is 18.9. The van der Waals surface area contributed by atoms with Crippen LogP contribution in [0.2, 0.25) is 0 Å². The second-order valence-electron chi connectivity index (χ2n) is 4.46. The van der Waals surface area contributed by atoms with Crippen LogP contribution in [0.3, 0.4) is 0 Å². The maximum absolute atomic E-state index is 9.80. The van der Waals surface area contributed by atoms with E-state index >= 15 is 0 Å². The molecule has 1 aliphatic rings. The summed E-state index contributed by atoms with van der Waals surface area (Å²) >= 11 is 2.16. The number of aliphatic hydroxyl groups is 2. The third kappa shape index (κ3) is 2.08. The minimum atomic E-state index is -0.677. The molecular formula is C11H13IN4O3. The van der Waals surface area contributed by atoms with Crippen molar-refractivity contribution in [2.24, 2.45) is 0 Å². The summed E-state index contributed by atoms with van der Waals surface area (Å²) < 4.78 is 8.36. The average Bonchev–Trinajstić information content (AvgIpc) is 2.97. The molecule has 3 atom stereocenters. The van der Waals surface area contributed by atoms with Gasteiger partial charge >= 0.3 is 0 Å². The summed E-state index contributed by atoms with van der Waals surface area (Å²) in [4.78, 5) is 8.30. The second kappa shape index (κ2) is 4.85. The molecule has 7 nitrogen and oxygen atoms in total. The lowest BCUT2D eigenvalue weighted by Crippen LogP contribution is -2.24. The molecule has 1 aliphatic heterocycles. The van der Waals surface area contributed by atoms with Gasteiger partial charge in [0.25, 0.3) is 0 Å². The number of pyridine rings is 1. The van der Waals surface area contributed by atoms with Crippen LogP contribution >= 0.6 is 22.6 Å². The van der Waals surface area contributed by atoms with Crippen molar-refractivity contribution in [1.82, 2.24) is 14.5 Å². The first-order valence-corrected chi connectivity index (χ1v) is 6.90. The molecule has 0 spiro atoms. The highest BCUT2D eigenvalue weighted by Gasteiger charge is 2.35. The zero-order valence-corrected chi connectivity index (χ0v) is 12.1. The van der Waals surface area contributed by atoms with E-state index in [4.69, 9.17) is 15.6 Å². The van der Waals surface area contributed by atoms with E-state index in [0.717, 1.165) is 9.09 Å². The van der Waals surface area contributed by atoms with Crippen molar-refractivity contribution in [3.05, 3.63) is 16.1 Å². The monoisotopic (exact) mass is 376 g/mol. The van der Waals surface area contributed by atoms with Gasteiger partial charge in [-0.15, -0.1) is 0 Å². The van der Waals surface area contributed by atoms with Gasteiger partial charge in [-0.25, -0.2) is 9.97 Å². The summed E-state index contributed by atoms with van der Waals surface area (Å²) in [5.41, 5.74) is 7.26. The number of nitrogens with two attached hydrogens (primary N) is 1. The van der Waals surface area contributed by atoms with E-state index in [1.54, 1.807) is 12.5 Å². The molecule has 3 rings (SSSR count). The van der Waals surface area contributed by atoms with Crippen LogP contribution in [0.5, 0.6) is 0 Å². The van der Waals surface area contributed by atoms with Gasteiger partial charge in [0, 0.05) is 12.6 Å². The van der Waals surface area contributed by atoms with Gasteiger partial charge in [0.1, 0.15) is 17.8 Å². The maximum atomic E-state index is 9.80. The molecule has 4 N–H and O–H groups in total. The Bertz CT molecular complexity index is 617. The highest BCUT2D eigenvalue weighted by atomic mass is 127. The number of rotatable bonds is 2. The van der Waals surface area contributed by atoms with Gasteiger partial charge in [-0.2, -0.15) is 0 Å². The van der Waals surface area contributed by atoms with Gasteiger partial charge < -0.3 is 25.3 Å². The lowest BCUT2D eigenvalue weighted by Gasteiger charge is -2.14. The molecule has 2 aromatic heterocycles. The van der Waals surface area contributed by atoms with Gasteiger partial charge in [0.05, 0.1) is 28.1 Å². The Kier molecular flexibility index (Phi) is 3.33. The summed E-state index contributed by atoms with van der Waals surface area (Å²) in [5.74, 6) is 0.367. The molecule has 1 saturated heterocycles. The van der Waals surface area contributed by atoms with Crippen LogP contribution in [0.25, 0.3) is 11.0 Å². The molecular weight excluding hydrogens is 363 g/mol. The third-order valence-electron chi connectivity index (χ3n) is 3.27. The Labute approximate surface area is 122 Å². The topological polar surface area (TPSA) is 106 Å². The standard InChI is InChI=1S/C11H13IN4O3/c12-5-2-14-11(13)9-10(5)16(4-15-9)8-1-6(18)7(3-17)19-8/h2,4,6-8,17-18H,1,3H2,(H2,13,14)/t6-,7+,8+/m0/s1. The number of fused-ring (bicyclic) bond motifs is 1. The van der Waals surface area contributed by atoms with Gasteiger partial charge in [-0.1, -0.05) is 0 Å². The van der Waals surface area contributed by atoms with Crippen molar-refractivity contribution in [2.45, 2.75) is 24.9 Å². The largest absolute Gasteiger partial charge is 0.394 e. The minimum absolute atomic E-state index is 0.203. The number of anilines is 1. The Morgan fingerprint density at radius 3 is 3.00 bits per heavy atom. The molecule has 0 radical (unpaired) electrons. The fourth-order valence-corrected chi connectivity index (χ4v) is 2.98. The summed E-state index contributed by atoms with van der Waals surface area (Å²) in [6.07, 6.45) is 2.12. The Morgan fingerprint density at radius 2 is 2.32 bits per heavy atom. The fourth-order valence-electron chi connectivity index (χ4n) is 2.30. The van der Waals surface area contributed by atoms with Crippen molar-refractivity contribution < 1.29 is 14.9 Å². The van der Waals surface area contributed by atoms with Gasteiger partial charge in [0.2, 0.25) is 0 Å². The maximum Gasteiger partial charge on any atom is 0.151 e. The number of ether oxygens (including phenoxy) is 1. The van der Waals surface area contributed by atoms with Crippen LogP contribution in [0.15, 0.2) is 12.5 Å². The number of aliphatic hydroxyl groups excluding tert-OH is 2. The SMILES string of the molecule is Nc1ncc(I)c2c1ncn2[C@H]1C[C@H](O)[C@@H](CO)O1. The quantitative estimate of drug-likeness (QED) is 0.650. The van der Waals surface area contributed by atoms with Crippen LogP contribution < -0.4 is 5.73 Å². The van der Waals surface area contributed by atoms with Gasteiger partial charge in [0.15, 0.2) is 5.82 Å². The Morgan fingerprint density at radius 1 is 1.53 bits per heavy atom. The van der Waals surface area contributed by atoms with E-state index in [0.29, 0.717) is 17.8 Å². The number of aromatic nitrogens is 3. The summed E-state index contributed by atoms with van der Waals surface area (Å²) in [7, 11) is 0. The Hall–Kier alpha value is -0.970. The molecule has 0 amide bonds. The average molecular weight is 376 g/mol. The molecule has 0 bridgehead atoms. The van der Waals surface area contributed by atoms with E-state index in [1.807, 2.05) is 4.57 Å². The molecule has 1 fully saturated rings.